The van der Waals surface area contributed by atoms with Gasteiger partial charge in [-0.1, -0.05) is 139 Å². The summed E-state index contributed by atoms with van der Waals surface area (Å²) in [5.74, 6) is 0.306. The number of nitrogens with zero attached hydrogens (tertiary/aromatic N) is 2. The van der Waals surface area contributed by atoms with Gasteiger partial charge in [-0.15, -0.1) is 0 Å². The Labute approximate surface area is 320 Å². The van der Waals surface area contributed by atoms with Crippen LogP contribution in [0.15, 0.2) is 158 Å². The molecule has 0 N–H and O–H groups in total. The zero-order valence-corrected chi connectivity index (χ0v) is 32.5. The van der Waals surface area contributed by atoms with E-state index in [1.165, 1.54) is 83.4 Å². The second-order valence-corrected chi connectivity index (χ2v) is 16.9. The van der Waals surface area contributed by atoms with Crippen molar-refractivity contribution in [2.24, 2.45) is 0 Å². The molecule has 0 saturated heterocycles. The molecule has 1 aliphatic rings. The van der Waals surface area contributed by atoms with E-state index in [4.69, 9.17) is 0 Å². The Balaban J connectivity index is 1.27. The van der Waals surface area contributed by atoms with E-state index in [2.05, 4.69) is 216 Å². The Morgan fingerprint density at radius 1 is 0.537 bits per heavy atom. The number of para-hydroxylation sites is 3. The normalized spacial score (nSPS) is 13.4. The van der Waals surface area contributed by atoms with Crippen LogP contribution in [0.1, 0.15) is 76.6 Å². The first-order valence-corrected chi connectivity index (χ1v) is 19.4. The molecule has 9 rings (SSSR count). The van der Waals surface area contributed by atoms with Crippen molar-refractivity contribution in [1.82, 2.24) is 4.57 Å². The van der Waals surface area contributed by atoms with Gasteiger partial charge in [-0.2, -0.15) is 0 Å². The maximum absolute atomic E-state index is 2.51. The van der Waals surface area contributed by atoms with Gasteiger partial charge in [0.2, 0.25) is 0 Å². The fourth-order valence-electron chi connectivity index (χ4n) is 8.95. The highest BCUT2D eigenvalue weighted by molar-refractivity contribution is 6.10. The average Bonchev–Trinajstić information content (AvgIpc) is 3.63. The standard InChI is InChI=1S/C52H48N2/c1-34(2)42-33-50(53(36-18-10-8-11-19-36)38-27-28-40-39-22-14-16-24-45(39)52(6,7)46(40)31-38)47(51(3,4)5)32-43(42)35-26-29-49-44(30-35)41-23-15-17-25-48(41)54(49)37-20-12-9-13-21-37/h8-34H,1-7H3. The fraction of sp³-hybridized carbons (Fsp3) is 0.192. The molecule has 0 aliphatic heterocycles. The lowest BCUT2D eigenvalue weighted by atomic mass is 9.80. The van der Waals surface area contributed by atoms with Crippen LogP contribution in [-0.2, 0) is 10.8 Å². The van der Waals surface area contributed by atoms with E-state index in [1.54, 1.807) is 0 Å². The Hall–Kier alpha value is -5.86. The first-order chi connectivity index (χ1) is 26.0. The Bertz CT molecular complexity index is 2690. The van der Waals surface area contributed by atoms with Crippen LogP contribution in [0.4, 0.5) is 17.1 Å². The van der Waals surface area contributed by atoms with Crippen LogP contribution >= 0.6 is 0 Å². The van der Waals surface area contributed by atoms with Gasteiger partial charge >= 0.3 is 0 Å². The molecule has 8 aromatic rings. The molecular formula is C52H48N2. The maximum Gasteiger partial charge on any atom is 0.0541 e. The van der Waals surface area contributed by atoms with Crippen LogP contribution in [0.2, 0.25) is 0 Å². The minimum atomic E-state index is -0.133. The highest BCUT2D eigenvalue weighted by Gasteiger charge is 2.36. The predicted molar refractivity (Wildman–Crippen MR) is 231 cm³/mol. The highest BCUT2D eigenvalue weighted by atomic mass is 15.1. The van der Waals surface area contributed by atoms with Crippen LogP contribution in [0.25, 0.3) is 49.7 Å². The predicted octanol–water partition coefficient (Wildman–Crippen LogP) is 14.6. The lowest BCUT2D eigenvalue weighted by molar-refractivity contribution is 0.590. The van der Waals surface area contributed by atoms with Gasteiger partial charge in [-0.3, -0.25) is 0 Å². The third kappa shape index (κ3) is 5.38. The van der Waals surface area contributed by atoms with Gasteiger partial charge in [0.25, 0.3) is 0 Å². The number of anilines is 3. The molecule has 0 bridgehead atoms. The molecule has 0 unspecified atom stereocenters. The summed E-state index contributed by atoms with van der Waals surface area (Å²) in [5.41, 5.74) is 17.7. The van der Waals surface area contributed by atoms with Gasteiger partial charge in [-0.05, 0) is 123 Å². The second-order valence-electron chi connectivity index (χ2n) is 16.9. The average molecular weight is 701 g/mol. The monoisotopic (exact) mass is 700 g/mol. The summed E-state index contributed by atoms with van der Waals surface area (Å²) in [7, 11) is 0. The molecule has 0 radical (unpaired) electrons. The van der Waals surface area contributed by atoms with Crippen LogP contribution in [0.5, 0.6) is 0 Å². The minimum Gasteiger partial charge on any atom is -0.310 e. The summed E-state index contributed by atoms with van der Waals surface area (Å²) < 4.78 is 2.40. The first-order valence-electron chi connectivity index (χ1n) is 19.4. The number of hydrogen-bond acceptors (Lipinski definition) is 1. The van der Waals surface area contributed by atoms with Crippen LogP contribution in [0.3, 0.4) is 0 Å². The van der Waals surface area contributed by atoms with Crippen molar-refractivity contribution in [1.29, 1.82) is 0 Å². The Morgan fingerprint density at radius 2 is 1.19 bits per heavy atom. The van der Waals surface area contributed by atoms with Crippen molar-refractivity contribution >= 4 is 38.9 Å². The van der Waals surface area contributed by atoms with Crippen LogP contribution in [0, 0.1) is 0 Å². The zero-order valence-electron chi connectivity index (χ0n) is 32.5. The van der Waals surface area contributed by atoms with E-state index in [-0.39, 0.29) is 10.8 Å². The molecule has 0 atom stereocenters. The molecule has 2 nitrogen and oxygen atoms in total. The molecule has 266 valence electrons. The third-order valence-electron chi connectivity index (χ3n) is 11.7. The third-order valence-corrected chi connectivity index (χ3v) is 11.7. The zero-order chi connectivity index (χ0) is 37.4. The van der Waals surface area contributed by atoms with E-state index in [9.17, 15) is 0 Å². The van der Waals surface area contributed by atoms with Gasteiger partial charge in [0.05, 0.1) is 16.7 Å². The van der Waals surface area contributed by atoms with Crippen molar-refractivity contribution in [2.75, 3.05) is 4.90 Å². The molecule has 1 aliphatic carbocycles. The highest BCUT2D eigenvalue weighted by Crippen LogP contribution is 2.52. The molecule has 2 heteroatoms. The van der Waals surface area contributed by atoms with Gasteiger partial charge in [0.1, 0.15) is 0 Å². The van der Waals surface area contributed by atoms with Gasteiger partial charge in [-0.25, -0.2) is 0 Å². The molecule has 1 aromatic heterocycles. The molecular weight excluding hydrogens is 653 g/mol. The molecule has 54 heavy (non-hydrogen) atoms. The smallest absolute Gasteiger partial charge is 0.0541 e. The minimum absolute atomic E-state index is 0.0909. The maximum atomic E-state index is 2.51. The van der Waals surface area contributed by atoms with E-state index < -0.39 is 0 Å². The van der Waals surface area contributed by atoms with Gasteiger partial charge in [0.15, 0.2) is 0 Å². The Kier molecular flexibility index (Phi) is 7.94. The number of aromatic nitrogens is 1. The summed E-state index contributed by atoms with van der Waals surface area (Å²) in [5, 5.41) is 2.55. The van der Waals surface area contributed by atoms with Crippen LogP contribution < -0.4 is 4.90 Å². The van der Waals surface area contributed by atoms with Crippen molar-refractivity contribution < 1.29 is 0 Å². The topological polar surface area (TPSA) is 8.17 Å². The van der Waals surface area contributed by atoms with Crippen molar-refractivity contribution in [3.63, 3.8) is 0 Å². The fourth-order valence-corrected chi connectivity index (χ4v) is 8.95. The van der Waals surface area contributed by atoms with Gasteiger partial charge in [0, 0.05) is 33.2 Å². The number of rotatable bonds is 6. The molecule has 1 heterocycles. The van der Waals surface area contributed by atoms with Crippen molar-refractivity contribution in [3.8, 4) is 27.9 Å². The summed E-state index contributed by atoms with van der Waals surface area (Å²) >= 11 is 0. The molecule has 0 spiro atoms. The van der Waals surface area contributed by atoms with E-state index in [0.29, 0.717) is 5.92 Å². The number of fused-ring (bicyclic) bond motifs is 6. The van der Waals surface area contributed by atoms with Crippen molar-refractivity contribution in [2.45, 2.75) is 65.2 Å². The lowest BCUT2D eigenvalue weighted by Gasteiger charge is -2.34. The SMILES string of the molecule is CC(C)c1cc(N(c2ccccc2)c2ccc3c(c2)C(C)(C)c2ccccc2-3)c(C(C)(C)C)cc1-c1ccc2c(c1)c1ccccc1n2-c1ccccc1. The molecule has 0 fully saturated rings. The van der Waals surface area contributed by atoms with Crippen molar-refractivity contribution in [3.05, 3.63) is 180 Å². The Morgan fingerprint density at radius 3 is 1.93 bits per heavy atom. The second kappa shape index (κ2) is 12.6. The largest absolute Gasteiger partial charge is 0.310 e. The van der Waals surface area contributed by atoms with E-state index in [0.717, 1.165) is 5.69 Å². The first kappa shape index (κ1) is 33.9. The number of benzene rings is 7. The molecule has 0 saturated carbocycles. The summed E-state index contributed by atoms with van der Waals surface area (Å²) in [6.07, 6.45) is 0. The molecule has 7 aromatic carbocycles. The number of hydrogen-bond donors (Lipinski definition) is 0. The summed E-state index contributed by atoms with van der Waals surface area (Å²) in [6, 6.07) is 58.6. The summed E-state index contributed by atoms with van der Waals surface area (Å²) in [6.45, 7) is 16.5. The van der Waals surface area contributed by atoms with E-state index in [1.807, 2.05) is 0 Å². The van der Waals surface area contributed by atoms with E-state index >= 15 is 0 Å². The summed E-state index contributed by atoms with van der Waals surface area (Å²) in [4.78, 5) is 2.51. The van der Waals surface area contributed by atoms with Gasteiger partial charge < -0.3 is 9.47 Å². The quantitative estimate of drug-likeness (QED) is 0.168. The lowest BCUT2D eigenvalue weighted by Crippen LogP contribution is -2.21. The van der Waals surface area contributed by atoms with Crippen LogP contribution in [-0.4, -0.2) is 4.57 Å². The molecule has 0 amide bonds.